The molecule has 0 atom stereocenters. The molecule has 0 saturated carbocycles. The molecule has 2 heterocycles. The molecule has 0 radical (unpaired) electrons. The Labute approximate surface area is 307 Å². The molecule has 2 aliphatic carbocycles. The van der Waals surface area contributed by atoms with E-state index in [2.05, 4.69) is 57.1 Å². The molecule has 0 aliphatic heterocycles. The van der Waals surface area contributed by atoms with Gasteiger partial charge in [-0.05, 0) is 97.3 Å². The summed E-state index contributed by atoms with van der Waals surface area (Å²) in [5.41, 5.74) is 5.15. The first-order valence-electron chi connectivity index (χ1n) is 16.2. The molecule has 0 saturated heterocycles. The number of fused-ring (bicyclic) bond motifs is 1. The number of aromatic nitrogens is 4. The number of hydrogen-bond acceptors (Lipinski definition) is 7. The van der Waals surface area contributed by atoms with Crippen molar-refractivity contribution in [2.75, 3.05) is 11.9 Å². The number of rotatable bonds is 13. The molecule has 0 bridgehead atoms. The second-order valence-electron chi connectivity index (χ2n) is 11.3. The van der Waals surface area contributed by atoms with E-state index in [4.69, 9.17) is 21.1 Å². The van der Waals surface area contributed by atoms with Gasteiger partial charge in [0.15, 0.2) is 5.78 Å². The van der Waals surface area contributed by atoms with E-state index < -0.39 is 0 Å². The number of nitrogens with zero attached hydrogens (tertiary/aromatic N) is 4. The Bertz CT molecular complexity index is 2020. The average Bonchev–Trinajstić information content (AvgIpc) is 3.95. The Morgan fingerprint density at radius 2 is 1.70 bits per heavy atom. The number of carbonyl (C=O) groups excluding carboxylic acids is 1. The number of carbonyl (C=O) groups is 1. The number of nitrogens with one attached hydrogen (secondary N) is 1. The van der Waals surface area contributed by atoms with Crippen LogP contribution in [-0.4, -0.2) is 32.4 Å². The van der Waals surface area contributed by atoms with Crippen molar-refractivity contribution in [3.8, 4) is 11.5 Å². The number of hydrogen-bond donors (Lipinski definition) is 1. The zero-order chi connectivity index (χ0) is 33.7. The summed E-state index contributed by atoms with van der Waals surface area (Å²) in [7, 11) is 0. The molecule has 50 heavy (non-hydrogen) atoms. The molecule has 10 heteroatoms. The number of pyridine rings is 1. The molecular formula is C40H36ClFeN5O3+2. The first kappa shape index (κ1) is 36.1. The zero-order valence-corrected chi connectivity index (χ0v) is 29.1. The molecule has 1 N–H and O–H groups in total. The van der Waals surface area contributed by atoms with E-state index >= 15 is 0 Å². The van der Waals surface area contributed by atoms with E-state index in [1.54, 1.807) is 29.1 Å². The monoisotopic (exact) mass is 725 g/mol. The molecule has 0 amide bonds. The second-order valence-corrected chi connectivity index (χ2v) is 11.7. The fraction of sp³-hybridized carbons (Fsp3) is 0.150. The van der Waals surface area contributed by atoms with Gasteiger partial charge >= 0.3 is 17.1 Å². The van der Waals surface area contributed by atoms with Crippen LogP contribution in [-0.2, 0) is 30.2 Å². The minimum absolute atomic E-state index is 0. The zero-order valence-electron chi connectivity index (χ0n) is 27.3. The number of allylic oxidation sites excluding steroid dienone is 10. The normalized spacial score (nSPS) is 12.8. The second kappa shape index (κ2) is 18.5. The summed E-state index contributed by atoms with van der Waals surface area (Å²) < 4.78 is 13.5. The Balaban J connectivity index is 0.000000745. The number of ketones is 1. The Kier molecular flexibility index (Phi) is 13.4. The molecule has 3 aromatic carbocycles. The maximum atomic E-state index is 12.4. The van der Waals surface area contributed by atoms with Crippen molar-refractivity contribution in [1.82, 2.24) is 20.0 Å². The molecular weight excluding hydrogens is 690 g/mol. The third-order valence-corrected chi connectivity index (χ3v) is 7.87. The van der Waals surface area contributed by atoms with Gasteiger partial charge < -0.3 is 14.8 Å². The van der Waals surface area contributed by atoms with Gasteiger partial charge in [0, 0.05) is 46.5 Å². The molecule has 0 fully saturated rings. The van der Waals surface area contributed by atoms with Gasteiger partial charge in [-0.2, -0.15) is 0 Å². The van der Waals surface area contributed by atoms with Crippen LogP contribution in [0.5, 0.6) is 11.5 Å². The third-order valence-electron chi connectivity index (χ3n) is 7.63. The van der Waals surface area contributed by atoms with Gasteiger partial charge in [-0.25, -0.2) is 0 Å². The minimum Gasteiger partial charge on any atom is -0.494 e. The molecule has 0 spiro atoms. The van der Waals surface area contributed by atoms with Crippen molar-refractivity contribution in [2.45, 2.75) is 32.4 Å². The van der Waals surface area contributed by atoms with Gasteiger partial charge in [-0.15, -0.1) is 5.10 Å². The number of ether oxygens (including phenoxy) is 2. The minimum atomic E-state index is -0.0287. The van der Waals surface area contributed by atoms with E-state index in [1.807, 2.05) is 79.0 Å². The van der Waals surface area contributed by atoms with Crippen molar-refractivity contribution in [2.24, 2.45) is 0 Å². The van der Waals surface area contributed by atoms with E-state index in [1.165, 1.54) is 0 Å². The number of anilines is 2. The summed E-state index contributed by atoms with van der Waals surface area (Å²) in [6.45, 7) is 1.49. The molecule has 252 valence electrons. The quantitative estimate of drug-likeness (QED) is 0.0560. The smallest absolute Gasteiger partial charge is 0.494 e. The van der Waals surface area contributed by atoms with Crippen molar-refractivity contribution in [3.05, 3.63) is 162 Å². The van der Waals surface area contributed by atoms with Gasteiger partial charge in [0.1, 0.15) is 23.8 Å². The number of halogens is 1. The van der Waals surface area contributed by atoms with Crippen LogP contribution in [0.3, 0.4) is 0 Å². The van der Waals surface area contributed by atoms with Crippen LogP contribution < -0.4 is 14.8 Å². The maximum Gasteiger partial charge on any atom is 2.00 e. The molecule has 8 nitrogen and oxygen atoms in total. The summed E-state index contributed by atoms with van der Waals surface area (Å²) in [5, 5.41) is 13.5. The molecule has 5 aromatic rings. The fourth-order valence-electron chi connectivity index (χ4n) is 5.08. The van der Waals surface area contributed by atoms with Crippen LogP contribution in [0.4, 0.5) is 11.4 Å². The topological polar surface area (TPSA) is 91.2 Å². The summed E-state index contributed by atoms with van der Waals surface area (Å²) in [4.78, 5) is 16.8. The van der Waals surface area contributed by atoms with Crippen LogP contribution in [0.2, 0.25) is 5.02 Å². The van der Waals surface area contributed by atoms with Crippen LogP contribution in [0.15, 0.2) is 145 Å². The molecule has 0 unspecified atom stereocenters. The van der Waals surface area contributed by atoms with Crippen molar-refractivity contribution in [3.63, 3.8) is 0 Å². The van der Waals surface area contributed by atoms with Crippen LogP contribution in [0, 0.1) is 0 Å². The van der Waals surface area contributed by atoms with Crippen LogP contribution in [0.1, 0.15) is 35.3 Å². The molecule has 7 rings (SSSR count). The van der Waals surface area contributed by atoms with Crippen molar-refractivity contribution >= 4 is 39.7 Å². The standard InChI is InChI=1S/C35H30ClN5O3.C5H6.Fe/c36-27-9-16-32-33(18-19-37-34(32)22-27)38-28-10-14-31(15-11-28)44-24-29-23-41(40-39-29)20-3-21-43-30-12-7-26(8-13-30)35(42)17-6-25-4-1-2-5-25;1-2-4-5-3-1;/h1,4-19,22-23H,2-3,20-21,24H2,(H,37,38);1-4H,5H2;/q;;+2/b17-6+;;. The predicted octanol–water partition coefficient (Wildman–Crippen LogP) is 9.40. The molecule has 2 aliphatic rings. The van der Waals surface area contributed by atoms with Gasteiger partial charge in [0.25, 0.3) is 0 Å². The average molecular weight is 726 g/mol. The first-order valence-corrected chi connectivity index (χ1v) is 16.5. The summed E-state index contributed by atoms with van der Waals surface area (Å²) in [6, 6.07) is 22.6. The van der Waals surface area contributed by atoms with Crippen LogP contribution >= 0.6 is 11.6 Å². The third kappa shape index (κ3) is 10.6. The number of benzene rings is 3. The predicted molar refractivity (Wildman–Crippen MR) is 196 cm³/mol. The van der Waals surface area contributed by atoms with E-state index in [9.17, 15) is 4.79 Å². The summed E-state index contributed by atoms with van der Waals surface area (Å²) >= 11 is 6.10. The Morgan fingerprint density at radius 3 is 2.44 bits per heavy atom. The summed E-state index contributed by atoms with van der Waals surface area (Å²) in [6.07, 6.45) is 24.4. The SMILES string of the molecule is C1=CCC=C1.O=C(/C=C/C1=CCC=C1)c1ccc(OCCCn2cc(COc3ccc(Nc4ccnc5cc(Cl)ccc45)cc3)nn2)cc1.[Fe+2]. The first-order chi connectivity index (χ1) is 24.1. The fourth-order valence-corrected chi connectivity index (χ4v) is 5.25. The van der Waals surface area contributed by atoms with E-state index in [0.29, 0.717) is 30.3 Å². The van der Waals surface area contributed by atoms with E-state index in [-0.39, 0.29) is 22.9 Å². The van der Waals surface area contributed by atoms with Gasteiger partial charge in [0.05, 0.1) is 18.3 Å². The Morgan fingerprint density at radius 1 is 0.920 bits per heavy atom. The largest absolute Gasteiger partial charge is 2.00 e. The Hall–Kier alpha value is -5.21. The van der Waals surface area contributed by atoms with Gasteiger partial charge in [-0.3, -0.25) is 14.5 Å². The van der Waals surface area contributed by atoms with Crippen molar-refractivity contribution in [1.29, 1.82) is 0 Å². The number of aryl methyl sites for hydroxylation is 1. The summed E-state index contributed by atoms with van der Waals surface area (Å²) in [5.74, 6) is 1.43. The maximum absolute atomic E-state index is 12.4. The van der Waals surface area contributed by atoms with Gasteiger partial charge in [-0.1, -0.05) is 65.4 Å². The van der Waals surface area contributed by atoms with Crippen LogP contribution in [0.25, 0.3) is 10.9 Å². The van der Waals surface area contributed by atoms with Gasteiger partial charge in [0.2, 0.25) is 0 Å². The van der Waals surface area contributed by atoms with Crippen molar-refractivity contribution < 1.29 is 31.3 Å². The molecule has 2 aromatic heterocycles. The van der Waals surface area contributed by atoms with E-state index in [0.717, 1.165) is 64.3 Å².